The summed E-state index contributed by atoms with van der Waals surface area (Å²) in [5, 5.41) is 0. The highest BCUT2D eigenvalue weighted by Gasteiger charge is 1.91. The van der Waals surface area contributed by atoms with Crippen molar-refractivity contribution in [2.75, 3.05) is 13.7 Å². The van der Waals surface area contributed by atoms with Gasteiger partial charge in [-0.3, -0.25) is 0 Å². The fourth-order valence-electron chi connectivity index (χ4n) is 1.48. The van der Waals surface area contributed by atoms with Gasteiger partial charge in [0.1, 0.15) is 18.1 Å². The van der Waals surface area contributed by atoms with Gasteiger partial charge in [0.25, 0.3) is 0 Å². The average Bonchev–Trinajstić information content (AvgIpc) is 2.45. The number of benzene rings is 2. The number of rotatable bonds is 3. The topological polar surface area (TPSA) is 18.5 Å². The van der Waals surface area contributed by atoms with Crippen molar-refractivity contribution in [3.8, 4) is 23.3 Å². The molecule has 0 aliphatic carbocycles. The lowest BCUT2D eigenvalue weighted by Crippen LogP contribution is -1.93. The SMILES string of the molecule is COc1cccc(C#CCOc2ccccc2)c1. The quantitative estimate of drug-likeness (QED) is 0.765. The predicted molar refractivity (Wildman–Crippen MR) is 71.8 cm³/mol. The molecule has 0 bridgehead atoms. The van der Waals surface area contributed by atoms with Crippen molar-refractivity contribution >= 4 is 0 Å². The summed E-state index contributed by atoms with van der Waals surface area (Å²) < 4.78 is 10.6. The first-order valence-corrected chi connectivity index (χ1v) is 5.69. The van der Waals surface area contributed by atoms with Crippen LogP contribution in [0.3, 0.4) is 0 Å². The third kappa shape index (κ3) is 3.57. The molecular weight excluding hydrogens is 224 g/mol. The Balaban J connectivity index is 1.92. The van der Waals surface area contributed by atoms with Crippen LogP contribution in [0.4, 0.5) is 0 Å². The van der Waals surface area contributed by atoms with Crippen LogP contribution in [-0.2, 0) is 0 Å². The molecule has 2 aromatic rings. The lowest BCUT2D eigenvalue weighted by atomic mass is 10.2. The number of hydrogen-bond acceptors (Lipinski definition) is 2. The number of ether oxygens (including phenoxy) is 2. The Labute approximate surface area is 107 Å². The van der Waals surface area contributed by atoms with Crippen LogP contribution in [-0.4, -0.2) is 13.7 Å². The van der Waals surface area contributed by atoms with Crippen molar-refractivity contribution in [1.29, 1.82) is 0 Å². The zero-order valence-electron chi connectivity index (χ0n) is 10.2. The average molecular weight is 238 g/mol. The summed E-state index contributed by atoms with van der Waals surface area (Å²) in [5.41, 5.74) is 0.922. The van der Waals surface area contributed by atoms with Crippen LogP contribution in [0.15, 0.2) is 54.6 Å². The molecule has 2 heteroatoms. The van der Waals surface area contributed by atoms with Crippen molar-refractivity contribution in [3.63, 3.8) is 0 Å². The second-order valence-electron chi connectivity index (χ2n) is 3.64. The fourth-order valence-corrected chi connectivity index (χ4v) is 1.48. The van der Waals surface area contributed by atoms with Crippen LogP contribution in [0.1, 0.15) is 5.56 Å². The molecule has 0 spiro atoms. The van der Waals surface area contributed by atoms with E-state index >= 15 is 0 Å². The molecule has 0 saturated carbocycles. The van der Waals surface area contributed by atoms with Gasteiger partial charge in [-0.2, -0.15) is 0 Å². The van der Waals surface area contributed by atoms with E-state index in [1.54, 1.807) is 7.11 Å². The van der Waals surface area contributed by atoms with Gasteiger partial charge in [0.2, 0.25) is 0 Å². The highest BCUT2D eigenvalue weighted by atomic mass is 16.5. The van der Waals surface area contributed by atoms with Gasteiger partial charge in [-0.1, -0.05) is 36.1 Å². The van der Waals surface area contributed by atoms with Crippen molar-refractivity contribution in [2.24, 2.45) is 0 Å². The van der Waals surface area contributed by atoms with E-state index in [1.165, 1.54) is 0 Å². The van der Waals surface area contributed by atoms with Gasteiger partial charge in [-0.05, 0) is 30.3 Å². The molecule has 2 nitrogen and oxygen atoms in total. The van der Waals surface area contributed by atoms with E-state index < -0.39 is 0 Å². The van der Waals surface area contributed by atoms with E-state index in [1.807, 2.05) is 54.6 Å². The Morgan fingerprint density at radius 3 is 2.50 bits per heavy atom. The van der Waals surface area contributed by atoms with Gasteiger partial charge in [-0.25, -0.2) is 0 Å². The number of para-hydroxylation sites is 1. The third-order valence-electron chi connectivity index (χ3n) is 2.36. The highest BCUT2D eigenvalue weighted by Crippen LogP contribution is 2.11. The van der Waals surface area contributed by atoms with E-state index in [0.29, 0.717) is 6.61 Å². The molecule has 0 atom stereocenters. The minimum atomic E-state index is 0.376. The second-order valence-corrected chi connectivity index (χ2v) is 3.64. The van der Waals surface area contributed by atoms with Crippen molar-refractivity contribution in [2.45, 2.75) is 0 Å². The first-order valence-electron chi connectivity index (χ1n) is 5.69. The Bertz CT molecular complexity index is 550. The standard InChI is InChI=1S/C16H14O2/c1-17-16-11-5-7-14(13-16)8-6-12-18-15-9-3-2-4-10-15/h2-5,7,9-11,13H,12H2,1H3. The Kier molecular flexibility index (Phi) is 4.27. The van der Waals surface area contributed by atoms with Crippen molar-refractivity contribution < 1.29 is 9.47 Å². The maximum absolute atomic E-state index is 5.48. The molecule has 0 fully saturated rings. The first-order chi connectivity index (χ1) is 8.88. The normalized spacial score (nSPS) is 9.17. The van der Waals surface area contributed by atoms with Gasteiger partial charge >= 0.3 is 0 Å². The molecule has 0 unspecified atom stereocenters. The number of methoxy groups -OCH3 is 1. The molecule has 0 radical (unpaired) electrons. The van der Waals surface area contributed by atoms with Crippen molar-refractivity contribution in [1.82, 2.24) is 0 Å². The largest absolute Gasteiger partial charge is 0.497 e. The van der Waals surface area contributed by atoms with Gasteiger partial charge in [0.05, 0.1) is 7.11 Å². The summed E-state index contributed by atoms with van der Waals surface area (Å²) in [5.74, 6) is 7.65. The highest BCUT2D eigenvalue weighted by molar-refractivity contribution is 5.39. The smallest absolute Gasteiger partial charge is 0.149 e. The Hall–Kier alpha value is -2.40. The van der Waals surface area contributed by atoms with E-state index in [0.717, 1.165) is 17.1 Å². The van der Waals surface area contributed by atoms with Crippen LogP contribution in [0.25, 0.3) is 0 Å². The zero-order chi connectivity index (χ0) is 12.6. The molecule has 90 valence electrons. The lowest BCUT2D eigenvalue weighted by molar-refractivity contribution is 0.370. The molecule has 2 aromatic carbocycles. The van der Waals surface area contributed by atoms with E-state index in [2.05, 4.69) is 11.8 Å². The van der Waals surface area contributed by atoms with Crippen molar-refractivity contribution in [3.05, 3.63) is 60.2 Å². The fraction of sp³-hybridized carbons (Fsp3) is 0.125. The Morgan fingerprint density at radius 1 is 0.944 bits per heavy atom. The summed E-state index contributed by atoms with van der Waals surface area (Å²) in [6.07, 6.45) is 0. The molecule has 0 aromatic heterocycles. The molecule has 0 amide bonds. The maximum Gasteiger partial charge on any atom is 0.149 e. The van der Waals surface area contributed by atoms with E-state index in [4.69, 9.17) is 9.47 Å². The third-order valence-corrected chi connectivity index (χ3v) is 2.36. The monoisotopic (exact) mass is 238 g/mol. The summed E-state index contributed by atoms with van der Waals surface area (Å²) >= 11 is 0. The molecule has 0 aliphatic rings. The summed E-state index contributed by atoms with van der Waals surface area (Å²) in [6, 6.07) is 17.3. The molecular formula is C16H14O2. The Morgan fingerprint density at radius 2 is 1.72 bits per heavy atom. The van der Waals surface area contributed by atoms with E-state index in [-0.39, 0.29) is 0 Å². The molecule has 0 aliphatic heterocycles. The van der Waals surface area contributed by atoms with Gasteiger partial charge in [0.15, 0.2) is 0 Å². The number of hydrogen-bond donors (Lipinski definition) is 0. The summed E-state index contributed by atoms with van der Waals surface area (Å²) in [7, 11) is 1.64. The van der Waals surface area contributed by atoms with Crippen LogP contribution < -0.4 is 9.47 Å². The van der Waals surface area contributed by atoms with Crippen LogP contribution >= 0.6 is 0 Å². The second kappa shape index (κ2) is 6.36. The molecule has 18 heavy (non-hydrogen) atoms. The maximum atomic E-state index is 5.48. The minimum Gasteiger partial charge on any atom is -0.497 e. The van der Waals surface area contributed by atoms with Crippen LogP contribution in [0, 0.1) is 11.8 Å². The van der Waals surface area contributed by atoms with Crippen LogP contribution in [0.2, 0.25) is 0 Å². The van der Waals surface area contributed by atoms with Gasteiger partial charge in [-0.15, -0.1) is 0 Å². The van der Waals surface area contributed by atoms with Gasteiger partial charge in [0, 0.05) is 5.56 Å². The minimum absolute atomic E-state index is 0.376. The lowest BCUT2D eigenvalue weighted by Gasteiger charge is -2.00. The predicted octanol–water partition coefficient (Wildman–Crippen LogP) is 3.13. The molecule has 0 heterocycles. The van der Waals surface area contributed by atoms with Gasteiger partial charge < -0.3 is 9.47 Å². The summed E-state index contributed by atoms with van der Waals surface area (Å²) in [4.78, 5) is 0. The molecule has 0 saturated heterocycles. The molecule has 2 rings (SSSR count). The molecule has 0 N–H and O–H groups in total. The van der Waals surface area contributed by atoms with Crippen LogP contribution in [0.5, 0.6) is 11.5 Å². The zero-order valence-corrected chi connectivity index (χ0v) is 10.2. The summed E-state index contributed by atoms with van der Waals surface area (Å²) in [6.45, 7) is 0.376. The first kappa shape index (κ1) is 12.1. The van der Waals surface area contributed by atoms with E-state index in [9.17, 15) is 0 Å².